The molecule has 1 aliphatic rings. The second kappa shape index (κ2) is 8.58. The van der Waals surface area contributed by atoms with Crippen molar-refractivity contribution in [2.45, 2.75) is 37.4 Å². The molecular weight excluding hydrogens is 383 g/mol. The lowest BCUT2D eigenvalue weighted by molar-refractivity contribution is -0.114. The van der Waals surface area contributed by atoms with Crippen LogP contribution in [0.15, 0.2) is 30.4 Å². The topological polar surface area (TPSA) is 104 Å². The zero-order chi connectivity index (χ0) is 19.4. The van der Waals surface area contributed by atoms with Gasteiger partial charge in [0.2, 0.25) is 0 Å². The average molecular weight is 401 g/mol. The molecule has 0 saturated carbocycles. The number of aliphatic hydroxyl groups is 1. The first-order valence-corrected chi connectivity index (χ1v) is 8.66. The molecule has 0 spiro atoms. The van der Waals surface area contributed by atoms with E-state index < -0.39 is 40.8 Å². The number of ether oxygens (including phenoxy) is 1. The number of hydrogen-bond acceptors (Lipinski definition) is 6. The van der Waals surface area contributed by atoms with Gasteiger partial charge in [-0.05, 0) is 13.0 Å². The van der Waals surface area contributed by atoms with Crippen molar-refractivity contribution in [1.82, 2.24) is 0 Å². The second-order valence-corrected chi connectivity index (χ2v) is 6.81. The number of ketones is 1. The lowest BCUT2D eigenvalue weighted by Gasteiger charge is -2.20. The van der Waals surface area contributed by atoms with Gasteiger partial charge in [0.15, 0.2) is 5.78 Å². The van der Waals surface area contributed by atoms with E-state index in [-0.39, 0.29) is 29.0 Å². The number of hydrogen-bond donors (Lipinski definition) is 3. The zero-order valence-electron chi connectivity index (χ0n) is 13.9. The maximum absolute atomic E-state index is 12.5. The first-order valence-electron chi connectivity index (χ1n) is 7.84. The van der Waals surface area contributed by atoms with Crippen molar-refractivity contribution in [3.05, 3.63) is 46.5 Å². The van der Waals surface area contributed by atoms with E-state index >= 15 is 0 Å². The number of benzene rings is 1. The number of alkyl halides is 1. The van der Waals surface area contributed by atoms with Crippen LogP contribution in [0.3, 0.4) is 0 Å². The van der Waals surface area contributed by atoms with E-state index in [1.54, 1.807) is 6.92 Å². The summed E-state index contributed by atoms with van der Waals surface area (Å²) in [6, 6.07) is 0.906. The van der Waals surface area contributed by atoms with E-state index in [0.29, 0.717) is 0 Å². The highest BCUT2D eigenvalue weighted by Crippen LogP contribution is 2.37. The Hall–Kier alpha value is -2.02. The summed E-state index contributed by atoms with van der Waals surface area (Å²) in [5.41, 5.74) is -0.335. The zero-order valence-corrected chi connectivity index (χ0v) is 15.4. The predicted molar refractivity (Wildman–Crippen MR) is 96.9 cm³/mol. The molecule has 1 aromatic rings. The molecule has 2 rings (SSSR count). The summed E-state index contributed by atoms with van der Waals surface area (Å²) in [4.78, 5) is 24.6. The highest BCUT2D eigenvalue weighted by Gasteiger charge is 2.27. The Kier molecular flexibility index (Phi) is 6.69. The monoisotopic (exact) mass is 400 g/mol. The van der Waals surface area contributed by atoms with Gasteiger partial charge in [-0.1, -0.05) is 29.8 Å². The number of aliphatic hydroxyl groups excluding tert-OH is 1. The van der Waals surface area contributed by atoms with Gasteiger partial charge in [0.1, 0.15) is 23.2 Å². The molecule has 0 aliphatic carbocycles. The molecule has 1 unspecified atom stereocenters. The van der Waals surface area contributed by atoms with Crippen LogP contribution in [-0.4, -0.2) is 44.7 Å². The summed E-state index contributed by atoms with van der Waals surface area (Å²) in [7, 11) is 0. The number of aromatic hydroxyl groups is 2. The van der Waals surface area contributed by atoms with Gasteiger partial charge in [-0.15, -0.1) is 11.6 Å². The van der Waals surface area contributed by atoms with E-state index in [1.165, 1.54) is 24.3 Å². The average Bonchev–Trinajstić information content (AvgIpc) is 2.54. The normalized spacial score (nSPS) is 27.2. The number of carbonyl (C=O) groups excluding carboxylic acids is 2. The van der Waals surface area contributed by atoms with Crippen molar-refractivity contribution in [2.75, 3.05) is 0 Å². The summed E-state index contributed by atoms with van der Waals surface area (Å²) in [6.45, 7) is 1.56. The summed E-state index contributed by atoms with van der Waals surface area (Å²) < 4.78 is 5.24. The first kappa shape index (κ1) is 20.3. The fourth-order valence-electron chi connectivity index (χ4n) is 2.53. The Bertz CT molecular complexity index is 771. The molecule has 1 heterocycles. The molecule has 8 heteroatoms. The Morgan fingerprint density at radius 2 is 1.88 bits per heavy atom. The van der Waals surface area contributed by atoms with Gasteiger partial charge in [0.05, 0.1) is 16.5 Å². The van der Waals surface area contributed by atoms with Crippen LogP contribution in [0.1, 0.15) is 29.3 Å². The van der Waals surface area contributed by atoms with Crippen LogP contribution >= 0.6 is 23.2 Å². The van der Waals surface area contributed by atoms with Crippen molar-refractivity contribution in [1.29, 1.82) is 0 Å². The fourth-order valence-corrected chi connectivity index (χ4v) is 2.93. The highest BCUT2D eigenvalue weighted by molar-refractivity contribution is 6.33. The minimum atomic E-state index is -0.987. The minimum Gasteiger partial charge on any atom is -0.507 e. The van der Waals surface area contributed by atoms with Crippen molar-refractivity contribution in [2.24, 2.45) is 0 Å². The summed E-state index contributed by atoms with van der Waals surface area (Å²) in [6.07, 6.45) is 3.73. The Labute approximate surface area is 160 Å². The van der Waals surface area contributed by atoms with E-state index in [1.807, 2.05) is 0 Å². The Balaban J connectivity index is 2.51. The molecule has 0 aromatic heterocycles. The predicted octanol–water partition coefficient (Wildman–Crippen LogP) is 2.89. The maximum atomic E-state index is 12.5. The number of allylic oxidation sites excluding steroid dienone is 3. The van der Waals surface area contributed by atoms with Gasteiger partial charge in [-0.25, -0.2) is 4.79 Å². The molecule has 3 N–H and O–H groups in total. The van der Waals surface area contributed by atoms with Crippen LogP contribution in [0, 0.1) is 0 Å². The number of carbonyl (C=O) groups is 2. The van der Waals surface area contributed by atoms with E-state index in [0.717, 1.165) is 6.07 Å². The Morgan fingerprint density at radius 1 is 1.19 bits per heavy atom. The van der Waals surface area contributed by atoms with Gasteiger partial charge < -0.3 is 20.1 Å². The first-order chi connectivity index (χ1) is 12.2. The smallest absolute Gasteiger partial charge is 0.342 e. The molecule has 0 fully saturated rings. The summed E-state index contributed by atoms with van der Waals surface area (Å²) in [5, 5.41) is 29.0. The van der Waals surface area contributed by atoms with Crippen LogP contribution in [-0.2, 0) is 16.0 Å². The quantitative estimate of drug-likeness (QED) is 0.456. The number of phenols is 2. The van der Waals surface area contributed by atoms with Crippen LogP contribution in [0.25, 0.3) is 0 Å². The maximum Gasteiger partial charge on any atom is 0.342 e. The van der Waals surface area contributed by atoms with Crippen LogP contribution in [0.4, 0.5) is 0 Å². The van der Waals surface area contributed by atoms with E-state index in [9.17, 15) is 24.9 Å². The number of rotatable bonds is 0. The summed E-state index contributed by atoms with van der Waals surface area (Å²) in [5.74, 6) is -2.36. The molecule has 3 atom stereocenters. The molecular formula is C18H18Cl2O6. The lowest BCUT2D eigenvalue weighted by Crippen LogP contribution is -2.27. The lowest BCUT2D eigenvalue weighted by atomic mass is 9.99. The van der Waals surface area contributed by atoms with Gasteiger partial charge in [0, 0.05) is 24.5 Å². The van der Waals surface area contributed by atoms with Crippen molar-refractivity contribution >= 4 is 35.0 Å². The van der Waals surface area contributed by atoms with Gasteiger partial charge >= 0.3 is 5.97 Å². The number of halogens is 2. The Morgan fingerprint density at radius 3 is 2.58 bits per heavy atom. The van der Waals surface area contributed by atoms with Crippen molar-refractivity contribution < 1.29 is 29.6 Å². The number of cyclic esters (lactones) is 1. The molecule has 1 aliphatic heterocycles. The molecule has 0 bridgehead atoms. The van der Waals surface area contributed by atoms with E-state index in [4.69, 9.17) is 27.9 Å². The summed E-state index contributed by atoms with van der Waals surface area (Å²) >= 11 is 12.1. The molecule has 1 aromatic carbocycles. The third-order valence-electron chi connectivity index (χ3n) is 3.81. The van der Waals surface area contributed by atoms with Crippen LogP contribution in [0.2, 0.25) is 5.02 Å². The molecule has 6 nitrogen and oxygen atoms in total. The molecule has 140 valence electrons. The SMILES string of the molecule is C[C@H]1C[C@H](O)C(Cl)/C=C/C=C\C(=O)Cc2c(Cl)c(O)cc(O)c2C(=O)O1. The largest absolute Gasteiger partial charge is 0.507 e. The number of phenolic OH excluding ortho intramolecular Hbond substituents is 2. The molecule has 0 amide bonds. The van der Waals surface area contributed by atoms with Crippen molar-refractivity contribution in [3.8, 4) is 11.5 Å². The highest BCUT2D eigenvalue weighted by atomic mass is 35.5. The van der Waals surface area contributed by atoms with Gasteiger partial charge in [-0.2, -0.15) is 0 Å². The van der Waals surface area contributed by atoms with Crippen LogP contribution < -0.4 is 0 Å². The third kappa shape index (κ3) is 4.78. The molecule has 0 saturated heterocycles. The standard InChI is InChI=1S/C18H18Cl2O6/c1-9-6-13(22)12(19)5-3-2-4-10(21)7-11-16(18(25)26-9)14(23)8-15(24)17(11)20/h2-5,8-9,12-13,22-24H,6-7H2,1H3/b4-2-,5-3+/t9-,12?,13-/m0/s1. The van der Waals surface area contributed by atoms with Gasteiger partial charge in [-0.3, -0.25) is 4.79 Å². The molecule has 0 radical (unpaired) electrons. The van der Waals surface area contributed by atoms with E-state index in [2.05, 4.69) is 0 Å². The minimum absolute atomic E-state index is 0.0344. The van der Waals surface area contributed by atoms with Crippen molar-refractivity contribution in [3.63, 3.8) is 0 Å². The fraction of sp³-hybridized carbons (Fsp3) is 0.333. The third-order valence-corrected chi connectivity index (χ3v) is 4.67. The number of esters is 1. The molecule has 26 heavy (non-hydrogen) atoms. The number of fused-ring (bicyclic) bond motifs is 1. The second-order valence-electron chi connectivity index (χ2n) is 5.93. The van der Waals surface area contributed by atoms with Crippen LogP contribution in [0.5, 0.6) is 11.5 Å². The van der Waals surface area contributed by atoms with Gasteiger partial charge in [0.25, 0.3) is 0 Å².